The molecule has 0 amide bonds. The average molecular weight is 423 g/mol. The summed E-state index contributed by atoms with van der Waals surface area (Å²) in [7, 11) is 3.29. The standard InChI is InChI=1S/C23H26N4O4/c1-15-22(27(28)29)16(2)26(24-15)14-25-11-10-18-12-20(30-3)21(31-4)13-19(18)23(25)17-8-6-5-7-9-17/h5-9,12-13,23H,10-11,14H2,1-4H3/p+1/t23-/m1/s1. The van der Waals surface area contributed by atoms with Gasteiger partial charge in [0.25, 0.3) is 0 Å². The van der Waals surface area contributed by atoms with Gasteiger partial charge in [0.05, 0.1) is 25.7 Å². The fourth-order valence-electron chi connectivity index (χ4n) is 4.61. The van der Waals surface area contributed by atoms with Gasteiger partial charge in [-0.15, -0.1) is 0 Å². The molecule has 31 heavy (non-hydrogen) atoms. The number of hydrogen-bond donors (Lipinski definition) is 1. The Labute approximate surface area is 181 Å². The van der Waals surface area contributed by atoms with Crippen molar-refractivity contribution in [3.63, 3.8) is 0 Å². The van der Waals surface area contributed by atoms with Gasteiger partial charge >= 0.3 is 5.69 Å². The maximum absolute atomic E-state index is 11.4. The normalized spacial score (nSPS) is 17.8. The van der Waals surface area contributed by atoms with Crippen LogP contribution in [0.1, 0.15) is 34.1 Å². The smallest absolute Gasteiger partial charge is 0.312 e. The number of methoxy groups -OCH3 is 2. The highest BCUT2D eigenvalue weighted by atomic mass is 16.6. The minimum absolute atomic E-state index is 0.0488. The molecular weight excluding hydrogens is 396 g/mol. The summed E-state index contributed by atoms with van der Waals surface area (Å²) in [5.74, 6) is 1.43. The van der Waals surface area contributed by atoms with E-state index >= 15 is 0 Å². The summed E-state index contributed by atoms with van der Waals surface area (Å²) in [5.41, 5.74) is 4.72. The number of fused-ring (bicyclic) bond motifs is 1. The van der Waals surface area contributed by atoms with Crippen molar-refractivity contribution in [3.05, 3.63) is 80.7 Å². The monoisotopic (exact) mass is 423 g/mol. The molecule has 0 bridgehead atoms. The second-order valence-electron chi connectivity index (χ2n) is 7.84. The Balaban J connectivity index is 1.79. The summed E-state index contributed by atoms with van der Waals surface area (Å²) in [6.45, 7) is 4.86. The van der Waals surface area contributed by atoms with Crippen LogP contribution in [-0.2, 0) is 13.1 Å². The molecule has 0 fully saturated rings. The van der Waals surface area contributed by atoms with Crippen LogP contribution in [0.25, 0.3) is 0 Å². The van der Waals surface area contributed by atoms with E-state index in [4.69, 9.17) is 9.47 Å². The Morgan fingerprint density at radius 1 is 1.16 bits per heavy atom. The zero-order chi connectivity index (χ0) is 22.1. The second kappa shape index (κ2) is 8.39. The summed E-state index contributed by atoms with van der Waals surface area (Å²) in [6, 6.07) is 14.5. The number of benzene rings is 2. The van der Waals surface area contributed by atoms with Crippen LogP contribution < -0.4 is 14.4 Å². The van der Waals surface area contributed by atoms with E-state index < -0.39 is 0 Å². The van der Waals surface area contributed by atoms with E-state index in [1.807, 2.05) is 18.2 Å². The Morgan fingerprint density at radius 3 is 2.45 bits per heavy atom. The van der Waals surface area contributed by atoms with Gasteiger partial charge in [-0.1, -0.05) is 30.3 Å². The largest absolute Gasteiger partial charge is 0.493 e. The molecule has 162 valence electrons. The maximum atomic E-state index is 11.4. The molecule has 1 unspecified atom stereocenters. The number of ether oxygens (including phenoxy) is 2. The molecule has 8 heteroatoms. The third kappa shape index (κ3) is 3.74. The topological polar surface area (TPSA) is 83.9 Å². The molecule has 8 nitrogen and oxygen atoms in total. The van der Waals surface area contributed by atoms with Crippen LogP contribution in [0.15, 0.2) is 42.5 Å². The van der Waals surface area contributed by atoms with E-state index in [0.717, 1.165) is 18.7 Å². The second-order valence-corrected chi connectivity index (χ2v) is 7.84. The molecule has 3 aromatic rings. The van der Waals surface area contributed by atoms with Crippen LogP contribution in [-0.4, -0.2) is 35.5 Å². The highest BCUT2D eigenvalue weighted by molar-refractivity contribution is 5.50. The van der Waals surface area contributed by atoms with Gasteiger partial charge in [0.15, 0.2) is 18.2 Å². The zero-order valence-electron chi connectivity index (χ0n) is 18.2. The number of nitrogens with one attached hydrogen (secondary N) is 1. The third-order valence-electron chi connectivity index (χ3n) is 6.09. The first-order valence-electron chi connectivity index (χ1n) is 10.3. The molecular formula is C23H27N4O4+. The van der Waals surface area contributed by atoms with Gasteiger partial charge in [0.2, 0.25) is 0 Å². The van der Waals surface area contributed by atoms with Gasteiger partial charge in [-0.25, -0.2) is 4.68 Å². The van der Waals surface area contributed by atoms with Gasteiger partial charge < -0.3 is 14.4 Å². The number of aryl methyl sites for hydroxylation is 1. The average Bonchev–Trinajstić information content (AvgIpc) is 3.05. The molecule has 0 radical (unpaired) electrons. The molecule has 2 atom stereocenters. The Bertz CT molecular complexity index is 1110. The van der Waals surface area contributed by atoms with Crippen LogP contribution in [0.5, 0.6) is 11.5 Å². The number of hydrogen-bond acceptors (Lipinski definition) is 5. The third-order valence-corrected chi connectivity index (χ3v) is 6.09. The van der Waals surface area contributed by atoms with E-state index in [2.05, 4.69) is 29.4 Å². The van der Waals surface area contributed by atoms with Crippen molar-refractivity contribution in [1.82, 2.24) is 9.78 Å². The molecule has 1 aromatic heterocycles. The summed E-state index contributed by atoms with van der Waals surface area (Å²) in [5, 5.41) is 15.9. The lowest BCUT2D eigenvalue weighted by molar-refractivity contribution is -0.950. The van der Waals surface area contributed by atoms with Crippen molar-refractivity contribution in [1.29, 1.82) is 0 Å². The summed E-state index contributed by atoms with van der Waals surface area (Å²) < 4.78 is 12.9. The highest BCUT2D eigenvalue weighted by Crippen LogP contribution is 2.36. The molecule has 0 saturated heterocycles. The van der Waals surface area contributed by atoms with Crippen LogP contribution >= 0.6 is 0 Å². The SMILES string of the molecule is COc1cc2c(cc1OC)[C@@H](c1ccccc1)[NH+](Cn1nc(C)c([N+](=O)[O-])c1C)CC2. The van der Waals surface area contributed by atoms with E-state index in [1.165, 1.54) is 21.6 Å². The van der Waals surface area contributed by atoms with Gasteiger partial charge in [-0.3, -0.25) is 10.1 Å². The quantitative estimate of drug-likeness (QED) is 0.487. The van der Waals surface area contributed by atoms with Crippen LogP contribution in [0.2, 0.25) is 0 Å². The molecule has 0 saturated carbocycles. The number of rotatable bonds is 6. The molecule has 4 rings (SSSR count). The molecule has 0 aliphatic carbocycles. The first-order valence-corrected chi connectivity index (χ1v) is 10.3. The molecule has 1 aliphatic rings. The molecule has 1 N–H and O–H groups in total. The molecule has 2 aromatic carbocycles. The van der Waals surface area contributed by atoms with Crippen molar-refractivity contribution in [2.75, 3.05) is 20.8 Å². The lowest BCUT2D eigenvalue weighted by atomic mass is 9.88. The van der Waals surface area contributed by atoms with Crippen molar-refractivity contribution in [2.24, 2.45) is 0 Å². The van der Waals surface area contributed by atoms with Crippen LogP contribution in [0.3, 0.4) is 0 Å². The Hall–Kier alpha value is -3.39. The fourth-order valence-corrected chi connectivity index (χ4v) is 4.61. The lowest BCUT2D eigenvalue weighted by Crippen LogP contribution is -3.12. The van der Waals surface area contributed by atoms with Gasteiger partial charge in [-0.2, -0.15) is 5.10 Å². The van der Waals surface area contributed by atoms with Crippen molar-refractivity contribution >= 4 is 5.69 Å². The lowest BCUT2D eigenvalue weighted by Gasteiger charge is -2.35. The first kappa shape index (κ1) is 20.9. The first-order chi connectivity index (χ1) is 14.9. The van der Waals surface area contributed by atoms with Crippen molar-refractivity contribution in [2.45, 2.75) is 33.0 Å². The van der Waals surface area contributed by atoms with Crippen LogP contribution in [0, 0.1) is 24.0 Å². The van der Waals surface area contributed by atoms with E-state index in [-0.39, 0.29) is 16.7 Å². The van der Waals surface area contributed by atoms with Gasteiger partial charge in [0.1, 0.15) is 17.4 Å². The number of nitro groups is 1. The minimum Gasteiger partial charge on any atom is -0.493 e. The zero-order valence-corrected chi connectivity index (χ0v) is 18.2. The molecule has 0 spiro atoms. The predicted octanol–water partition coefficient (Wildman–Crippen LogP) is 2.61. The minimum atomic E-state index is -0.346. The predicted molar refractivity (Wildman–Crippen MR) is 116 cm³/mol. The Kier molecular flexibility index (Phi) is 5.65. The van der Waals surface area contributed by atoms with Gasteiger partial charge in [0, 0.05) is 17.5 Å². The van der Waals surface area contributed by atoms with Crippen molar-refractivity contribution in [3.8, 4) is 11.5 Å². The van der Waals surface area contributed by atoms with Crippen LogP contribution in [0.4, 0.5) is 5.69 Å². The summed E-state index contributed by atoms with van der Waals surface area (Å²) in [6.07, 6.45) is 0.871. The number of quaternary nitrogens is 1. The Morgan fingerprint density at radius 2 is 1.84 bits per heavy atom. The maximum Gasteiger partial charge on any atom is 0.312 e. The number of aromatic nitrogens is 2. The highest BCUT2D eigenvalue weighted by Gasteiger charge is 2.35. The summed E-state index contributed by atoms with van der Waals surface area (Å²) >= 11 is 0. The van der Waals surface area contributed by atoms with Crippen molar-refractivity contribution < 1.29 is 19.3 Å². The van der Waals surface area contributed by atoms with Gasteiger partial charge in [-0.05, 0) is 31.5 Å². The fraction of sp³-hybridized carbons (Fsp3) is 0.348. The van der Waals surface area contributed by atoms with E-state index in [1.54, 1.807) is 32.7 Å². The van der Waals surface area contributed by atoms with E-state index in [9.17, 15) is 10.1 Å². The van der Waals surface area contributed by atoms with E-state index in [0.29, 0.717) is 23.8 Å². The summed E-state index contributed by atoms with van der Waals surface area (Å²) in [4.78, 5) is 12.4. The molecule has 2 heterocycles. The number of nitrogens with zero attached hydrogens (tertiary/aromatic N) is 3. The molecule has 1 aliphatic heterocycles.